The third-order valence-corrected chi connectivity index (χ3v) is 5.74. The number of carboxylic acids is 1. The molecule has 1 fully saturated rings. The van der Waals surface area contributed by atoms with Gasteiger partial charge in [0, 0.05) is 19.1 Å². The minimum Gasteiger partial charge on any atom is -0.475 e. The van der Waals surface area contributed by atoms with Crippen LogP contribution in [-0.4, -0.2) is 67.5 Å². The summed E-state index contributed by atoms with van der Waals surface area (Å²) in [6.07, 6.45) is -8.11. The van der Waals surface area contributed by atoms with Gasteiger partial charge in [0.05, 0.1) is 11.3 Å². The topological polar surface area (TPSA) is 118 Å². The zero-order chi connectivity index (χ0) is 24.0. The molecule has 1 aliphatic rings. The number of benzene rings is 1. The molecule has 3 N–H and O–H groups in total. The summed E-state index contributed by atoms with van der Waals surface area (Å²) < 4.78 is 91.9. The van der Waals surface area contributed by atoms with Crippen LogP contribution in [0.4, 0.5) is 26.3 Å². The maximum absolute atomic E-state index is 12.3. The number of nitrogens with zero attached hydrogens (tertiary/aromatic N) is 1. The maximum atomic E-state index is 12.3. The van der Waals surface area contributed by atoms with Crippen LogP contribution in [0.1, 0.15) is 18.4 Å². The van der Waals surface area contributed by atoms with Gasteiger partial charge in [0.15, 0.2) is 15.6 Å². The largest absolute Gasteiger partial charge is 0.490 e. The van der Waals surface area contributed by atoms with Gasteiger partial charge in [-0.2, -0.15) is 26.3 Å². The Balaban J connectivity index is 0.000000592. The lowest BCUT2D eigenvalue weighted by atomic mass is 10.1. The summed E-state index contributed by atoms with van der Waals surface area (Å²) in [6.45, 7) is 1.11. The van der Waals surface area contributed by atoms with Gasteiger partial charge in [0.25, 0.3) is 0 Å². The molecule has 1 amide bonds. The Morgan fingerprint density at radius 1 is 1.10 bits per heavy atom. The van der Waals surface area contributed by atoms with Crippen molar-refractivity contribution >= 4 is 21.7 Å². The Morgan fingerprint density at radius 3 is 2.03 bits per heavy atom. The van der Waals surface area contributed by atoms with Crippen molar-refractivity contribution in [1.29, 1.82) is 0 Å². The van der Waals surface area contributed by atoms with Gasteiger partial charge in [-0.1, -0.05) is 12.1 Å². The van der Waals surface area contributed by atoms with Crippen molar-refractivity contribution in [3.8, 4) is 0 Å². The fourth-order valence-corrected chi connectivity index (χ4v) is 3.78. The Kier molecular flexibility index (Phi) is 8.87. The first-order chi connectivity index (χ1) is 14.0. The van der Waals surface area contributed by atoms with Crippen molar-refractivity contribution in [1.82, 2.24) is 4.90 Å². The highest BCUT2D eigenvalue weighted by molar-refractivity contribution is 7.91. The summed E-state index contributed by atoms with van der Waals surface area (Å²) in [4.78, 5) is 22.3. The number of hydrogen-bond donors (Lipinski definition) is 2. The van der Waals surface area contributed by atoms with Gasteiger partial charge in [-0.25, -0.2) is 13.2 Å². The number of carboxylic acid groups (broad SMARTS) is 1. The number of aliphatic carboxylic acids is 1. The zero-order valence-electron chi connectivity index (χ0n) is 15.9. The molecule has 31 heavy (non-hydrogen) atoms. The number of rotatable bonds is 4. The molecule has 14 heteroatoms. The van der Waals surface area contributed by atoms with E-state index < -0.39 is 38.8 Å². The molecule has 1 atom stereocenters. The molecule has 1 aromatic carbocycles. The molecule has 0 aromatic heterocycles. The van der Waals surface area contributed by atoms with E-state index in [9.17, 15) is 39.6 Å². The second-order valence-electron chi connectivity index (χ2n) is 6.74. The Hall–Kier alpha value is -2.35. The average Bonchev–Trinajstić information content (AvgIpc) is 2.60. The summed E-state index contributed by atoms with van der Waals surface area (Å²) in [5.41, 5.74) is 6.37. The van der Waals surface area contributed by atoms with Crippen molar-refractivity contribution in [2.75, 3.05) is 18.8 Å². The van der Waals surface area contributed by atoms with Crippen LogP contribution in [0.25, 0.3) is 0 Å². The van der Waals surface area contributed by atoms with E-state index in [0.29, 0.717) is 18.7 Å². The quantitative estimate of drug-likeness (QED) is 0.641. The van der Waals surface area contributed by atoms with Crippen molar-refractivity contribution < 1.29 is 49.5 Å². The van der Waals surface area contributed by atoms with Crippen molar-refractivity contribution in [3.05, 3.63) is 29.8 Å². The van der Waals surface area contributed by atoms with Crippen LogP contribution in [-0.2, 0) is 25.8 Å². The minimum atomic E-state index is -5.08. The van der Waals surface area contributed by atoms with Crippen LogP contribution >= 0.6 is 0 Å². The highest BCUT2D eigenvalue weighted by Gasteiger charge is 2.38. The lowest BCUT2D eigenvalue weighted by Gasteiger charge is -2.30. The van der Waals surface area contributed by atoms with Gasteiger partial charge >= 0.3 is 18.3 Å². The van der Waals surface area contributed by atoms with Crippen molar-refractivity contribution in [3.63, 3.8) is 0 Å². The van der Waals surface area contributed by atoms with Crippen LogP contribution in [0.3, 0.4) is 0 Å². The van der Waals surface area contributed by atoms with E-state index in [1.54, 1.807) is 4.90 Å². The lowest BCUT2D eigenvalue weighted by Crippen LogP contribution is -2.46. The van der Waals surface area contributed by atoms with E-state index in [1.807, 2.05) is 0 Å². The number of carbonyl (C=O) groups excluding carboxylic acids is 1. The Bertz CT molecular complexity index is 868. The molecule has 1 aliphatic heterocycles. The smallest absolute Gasteiger partial charge is 0.475 e. The molecule has 7 nitrogen and oxygen atoms in total. The third-order valence-electron chi connectivity index (χ3n) is 4.04. The lowest BCUT2D eigenvalue weighted by molar-refractivity contribution is -0.192. The standard InChI is InChI=1S/C15H19F3N2O3S.C2HF3O2/c16-15(17,18)10-24(22,23)13-5-3-11(4-6-13)8-14(21)20-7-1-2-12(19)9-20;3-2(4,5)1(6)7/h3-6,12H,1-2,7-10,19H2;(H,6,7). The molecule has 1 heterocycles. The normalized spacial score (nSPS) is 17.5. The summed E-state index contributed by atoms with van der Waals surface area (Å²) in [7, 11) is -4.43. The fraction of sp³-hybridized carbons (Fsp3) is 0.529. The first kappa shape index (κ1) is 26.7. The average molecular weight is 478 g/mol. The van der Waals surface area contributed by atoms with Gasteiger partial charge in [-0.15, -0.1) is 0 Å². The number of halogens is 6. The van der Waals surface area contributed by atoms with Crippen LogP contribution in [0.5, 0.6) is 0 Å². The molecule has 0 radical (unpaired) electrons. The van der Waals surface area contributed by atoms with Crippen molar-refractivity contribution in [2.45, 2.75) is 42.6 Å². The molecule has 0 spiro atoms. The van der Waals surface area contributed by atoms with Crippen LogP contribution in [0.2, 0.25) is 0 Å². The number of sulfone groups is 1. The first-order valence-corrected chi connectivity index (χ1v) is 10.4. The van der Waals surface area contributed by atoms with E-state index in [-0.39, 0.29) is 18.4 Å². The van der Waals surface area contributed by atoms with Gasteiger partial charge in [-0.3, -0.25) is 4.79 Å². The van der Waals surface area contributed by atoms with Gasteiger partial charge in [0.1, 0.15) is 0 Å². The second kappa shape index (κ2) is 10.3. The Morgan fingerprint density at radius 2 is 1.61 bits per heavy atom. The molecule has 176 valence electrons. The van der Waals surface area contributed by atoms with E-state index in [2.05, 4.69) is 0 Å². The van der Waals surface area contributed by atoms with E-state index in [1.165, 1.54) is 12.1 Å². The van der Waals surface area contributed by atoms with Gasteiger partial charge in [-0.05, 0) is 30.5 Å². The highest BCUT2D eigenvalue weighted by Crippen LogP contribution is 2.23. The predicted molar refractivity (Wildman–Crippen MR) is 95.7 cm³/mol. The van der Waals surface area contributed by atoms with Crippen LogP contribution in [0, 0.1) is 0 Å². The number of likely N-dealkylation sites (tertiary alicyclic amines) is 1. The number of nitrogens with two attached hydrogens (primary N) is 1. The van der Waals surface area contributed by atoms with E-state index >= 15 is 0 Å². The summed E-state index contributed by atoms with van der Waals surface area (Å²) in [6, 6.07) is 4.89. The molecule has 0 aliphatic carbocycles. The number of alkyl halides is 6. The number of amides is 1. The first-order valence-electron chi connectivity index (χ1n) is 8.73. The van der Waals surface area contributed by atoms with Gasteiger partial charge < -0.3 is 15.7 Å². The van der Waals surface area contributed by atoms with Crippen LogP contribution < -0.4 is 5.73 Å². The second-order valence-corrected chi connectivity index (χ2v) is 8.73. The molecule has 0 saturated carbocycles. The summed E-state index contributed by atoms with van der Waals surface area (Å²) >= 11 is 0. The number of carbonyl (C=O) groups is 2. The fourth-order valence-electron chi connectivity index (χ4n) is 2.64. The Labute approximate surface area is 173 Å². The van der Waals surface area contributed by atoms with Crippen LogP contribution in [0.15, 0.2) is 29.2 Å². The highest BCUT2D eigenvalue weighted by atomic mass is 32.2. The van der Waals surface area contributed by atoms with Crippen molar-refractivity contribution in [2.24, 2.45) is 5.73 Å². The van der Waals surface area contributed by atoms with Gasteiger partial charge in [0.2, 0.25) is 5.91 Å². The molecule has 0 bridgehead atoms. The molecule has 1 saturated heterocycles. The number of hydrogen-bond acceptors (Lipinski definition) is 5. The summed E-state index contributed by atoms with van der Waals surface area (Å²) in [5.74, 6) is -4.78. The monoisotopic (exact) mass is 478 g/mol. The SMILES string of the molecule is NC1CCCN(C(=O)Cc2ccc(S(=O)(=O)CC(F)(F)F)cc2)C1.O=C(O)C(F)(F)F. The minimum absolute atomic E-state index is 0.0439. The summed E-state index contributed by atoms with van der Waals surface area (Å²) in [5, 5.41) is 7.12. The van der Waals surface area contributed by atoms with E-state index in [0.717, 1.165) is 25.0 Å². The van der Waals surface area contributed by atoms with E-state index in [4.69, 9.17) is 15.6 Å². The zero-order valence-corrected chi connectivity index (χ0v) is 16.7. The molecular weight excluding hydrogens is 458 g/mol. The third kappa shape index (κ3) is 9.55. The molecular formula is C17H20F6N2O5S. The predicted octanol–water partition coefficient (Wildman–Crippen LogP) is 2.15. The maximum Gasteiger partial charge on any atom is 0.490 e. The molecule has 2 rings (SSSR count). The molecule has 1 unspecified atom stereocenters. The number of piperidine rings is 1. The molecule has 1 aromatic rings.